The minimum absolute atomic E-state index is 0.189. The van der Waals surface area contributed by atoms with Gasteiger partial charge in [0, 0.05) is 12.3 Å². The summed E-state index contributed by atoms with van der Waals surface area (Å²) in [6.07, 6.45) is 1.34. The monoisotopic (exact) mass is 214 g/mol. The third kappa shape index (κ3) is 9.41. The van der Waals surface area contributed by atoms with E-state index < -0.39 is 0 Å². The zero-order valence-electron chi connectivity index (χ0n) is 10.2. The molecule has 0 aliphatic heterocycles. The zero-order chi connectivity index (χ0) is 11.7. The van der Waals surface area contributed by atoms with E-state index in [9.17, 15) is 4.79 Å². The van der Waals surface area contributed by atoms with Crippen LogP contribution in [0.2, 0.25) is 0 Å². The molecule has 0 aromatic heterocycles. The maximum absolute atomic E-state index is 11.1. The first kappa shape index (κ1) is 14.1. The van der Waals surface area contributed by atoms with Crippen molar-refractivity contribution in [2.75, 3.05) is 33.8 Å². The molecule has 0 aliphatic carbocycles. The van der Waals surface area contributed by atoms with Gasteiger partial charge in [0.1, 0.15) is 0 Å². The molecule has 0 aromatic rings. The van der Waals surface area contributed by atoms with Crippen LogP contribution in [0, 0.1) is 0 Å². The van der Waals surface area contributed by atoms with Crippen LogP contribution < -0.4 is 0 Å². The third-order valence-electron chi connectivity index (χ3n) is 1.85. The van der Waals surface area contributed by atoms with E-state index in [1.807, 2.05) is 27.9 Å². The Morgan fingerprint density at radius 1 is 1.40 bits per heavy atom. The number of nitrogens with zero attached hydrogens (tertiary/aromatic N) is 2. The number of ether oxygens (including phenoxy) is 1. The van der Waals surface area contributed by atoms with Crippen molar-refractivity contribution in [3.05, 3.63) is 0 Å². The molecule has 0 amide bonds. The Hall–Kier alpha value is -0.900. The first-order valence-electron chi connectivity index (χ1n) is 5.36. The SMILES string of the molecule is CCOC(=O)CC(C)=NCCCN(C)C. The molecular weight excluding hydrogens is 192 g/mol. The average Bonchev–Trinajstić information content (AvgIpc) is 2.12. The first-order valence-corrected chi connectivity index (χ1v) is 5.36. The maximum atomic E-state index is 11.1. The molecule has 0 unspecified atom stereocenters. The number of carbonyl (C=O) groups excluding carboxylic acids is 1. The highest BCUT2D eigenvalue weighted by atomic mass is 16.5. The maximum Gasteiger partial charge on any atom is 0.311 e. The number of carbonyl (C=O) groups is 1. The summed E-state index contributed by atoms with van der Waals surface area (Å²) >= 11 is 0. The topological polar surface area (TPSA) is 41.9 Å². The second-order valence-corrected chi connectivity index (χ2v) is 3.76. The molecule has 0 saturated carbocycles. The highest BCUT2D eigenvalue weighted by Gasteiger charge is 2.03. The van der Waals surface area contributed by atoms with E-state index in [1.54, 1.807) is 0 Å². The lowest BCUT2D eigenvalue weighted by atomic mass is 10.3. The quantitative estimate of drug-likeness (QED) is 0.365. The summed E-state index contributed by atoms with van der Waals surface area (Å²) < 4.78 is 4.83. The van der Waals surface area contributed by atoms with Crippen LogP contribution in [0.15, 0.2) is 4.99 Å². The van der Waals surface area contributed by atoms with Gasteiger partial charge in [0.15, 0.2) is 0 Å². The molecular formula is C11H22N2O2. The molecule has 4 nitrogen and oxygen atoms in total. The van der Waals surface area contributed by atoms with Crippen LogP contribution in [0.25, 0.3) is 0 Å². The minimum Gasteiger partial charge on any atom is -0.466 e. The Morgan fingerprint density at radius 3 is 2.60 bits per heavy atom. The van der Waals surface area contributed by atoms with Crippen LogP contribution in [-0.2, 0) is 9.53 Å². The summed E-state index contributed by atoms with van der Waals surface area (Å²) in [5.74, 6) is -0.189. The van der Waals surface area contributed by atoms with Crippen LogP contribution in [0.5, 0.6) is 0 Å². The predicted molar refractivity (Wildman–Crippen MR) is 62.4 cm³/mol. The molecule has 0 aromatic carbocycles. The zero-order valence-corrected chi connectivity index (χ0v) is 10.2. The van der Waals surface area contributed by atoms with Gasteiger partial charge < -0.3 is 9.64 Å². The Bertz CT molecular complexity index is 213. The Morgan fingerprint density at radius 2 is 2.07 bits per heavy atom. The summed E-state index contributed by atoms with van der Waals surface area (Å²) in [4.78, 5) is 17.5. The van der Waals surface area contributed by atoms with E-state index >= 15 is 0 Å². The number of hydrogen-bond acceptors (Lipinski definition) is 4. The summed E-state index contributed by atoms with van der Waals surface area (Å²) in [5.41, 5.74) is 0.854. The molecule has 0 rings (SSSR count). The van der Waals surface area contributed by atoms with Crippen molar-refractivity contribution in [2.24, 2.45) is 4.99 Å². The van der Waals surface area contributed by atoms with E-state index in [-0.39, 0.29) is 5.97 Å². The van der Waals surface area contributed by atoms with Crippen LogP contribution in [-0.4, -0.2) is 50.4 Å². The Kier molecular flexibility index (Phi) is 7.91. The van der Waals surface area contributed by atoms with Crippen molar-refractivity contribution in [3.63, 3.8) is 0 Å². The molecule has 15 heavy (non-hydrogen) atoms. The van der Waals surface area contributed by atoms with Crippen LogP contribution >= 0.6 is 0 Å². The van der Waals surface area contributed by atoms with Crippen molar-refractivity contribution in [1.29, 1.82) is 0 Å². The van der Waals surface area contributed by atoms with Gasteiger partial charge in [-0.2, -0.15) is 0 Å². The fraction of sp³-hybridized carbons (Fsp3) is 0.818. The largest absolute Gasteiger partial charge is 0.466 e. The summed E-state index contributed by atoms with van der Waals surface area (Å²) in [6.45, 7) is 5.92. The average molecular weight is 214 g/mol. The van der Waals surface area contributed by atoms with E-state index in [0.717, 1.165) is 25.2 Å². The van der Waals surface area contributed by atoms with E-state index in [0.29, 0.717) is 13.0 Å². The second-order valence-electron chi connectivity index (χ2n) is 3.76. The molecule has 0 N–H and O–H groups in total. The smallest absolute Gasteiger partial charge is 0.311 e. The van der Waals surface area contributed by atoms with Crippen molar-refractivity contribution in [3.8, 4) is 0 Å². The highest BCUT2D eigenvalue weighted by Crippen LogP contribution is 1.93. The molecule has 0 atom stereocenters. The first-order chi connectivity index (χ1) is 7.06. The molecule has 88 valence electrons. The van der Waals surface area contributed by atoms with Gasteiger partial charge in [-0.3, -0.25) is 9.79 Å². The van der Waals surface area contributed by atoms with Gasteiger partial charge in [0.05, 0.1) is 13.0 Å². The number of aliphatic imine (C=N–C) groups is 1. The molecule has 0 spiro atoms. The number of esters is 1. The summed E-state index contributed by atoms with van der Waals surface area (Å²) in [7, 11) is 4.07. The van der Waals surface area contributed by atoms with Gasteiger partial charge >= 0.3 is 5.97 Å². The van der Waals surface area contributed by atoms with E-state index in [1.165, 1.54) is 0 Å². The fourth-order valence-corrected chi connectivity index (χ4v) is 1.13. The Labute approximate surface area is 92.3 Å². The van der Waals surface area contributed by atoms with E-state index in [2.05, 4.69) is 9.89 Å². The van der Waals surface area contributed by atoms with Gasteiger partial charge in [0.2, 0.25) is 0 Å². The number of hydrogen-bond donors (Lipinski definition) is 0. The lowest BCUT2D eigenvalue weighted by Crippen LogP contribution is -2.14. The van der Waals surface area contributed by atoms with Crippen LogP contribution in [0.3, 0.4) is 0 Å². The molecule has 0 fully saturated rings. The lowest BCUT2D eigenvalue weighted by Gasteiger charge is -2.07. The van der Waals surface area contributed by atoms with Gasteiger partial charge in [-0.25, -0.2) is 0 Å². The van der Waals surface area contributed by atoms with Gasteiger partial charge in [-0.15, -0.1) is 0 Å². The predicted octanol–water partition coefficient (Wildman–Crippen LogP) is 1.35. The Balaban J connectivity index is 3.64. The normalized spacial score (nSPS) is 11.9. The minimum atomic E-state index is -0.189. The summed E-state index contributed by atoms with van der Waals surface area (Å²) in [5, 5.41) is 0. The highest BCUT2D eigenvalue weighted by molar-refractivity contribution is 5.97. The molecule has 0 heterocycles. The number of rotatable bonds is 7. The van der Waals surface area contributed by atoms with Crippen molar-refractivity contribution in [2.45, 2.75) is 26.7 Å². The van der Waals surface area contributed by atoms with E-state index in [4.69, 9.17) is 4.74 Å². The molecule has 0 bridgehead atoms. The van der Waals surface area contributed by atoms with Crippen molar-refractivity contribution in [1.82, 2.24) is 4.90 Å². The third-order valence-corrected chi connectivity index (χ3v) is 1.85. The van der Waals surface area contributed by atoms with Crippen molar-refractivity contribution >= 4 is 11.7 Å². The van der Waals surface area contributed by atoms with Gasteiger partial charge in [-0.05, 0) is 40.9 Å². The van der Waals surface area contributed by atoms with Crippen molar-refractivity contribution < 1.29 is 9.53 Å². The second kappa shape index (κ2) is 8.41. The molecule has 0 saturated heterocycles. The molecule has 0 radical (unpaired) electrons. The van der Waals surface area contributed by atoms with Gasteiger partial charge in [-0.1, -0.05) is 0 Å². The van der Waals surface area contributed by atoms with Crippen LogP contribution in [0.1, 0.15) is 26.7 Å². The van der Waals surface area contributed by atoms with Gasteiger partial charge in [0.25, 0.3) is 0 Å². The standard InChI is InChI=1S/C11H22N2O2/c1-5-15-11(14)9-10(2)12-7-6-8-13(3)4/h5-9H2,1-4H3. The lowest BCUT2D eigenvalue weighted by molar-refractivity contribution is -0.141. The fourth-order valence-electron chi connectivity index (χ4n) is 1.13. The summed E-state index contributed by atoms with van der Waals surface area (Å²) in [6, 6.07) is 0. The van der Waals surface area contributed by atoms with Crippen LogP contribution in [0.4, 0.5) is 0 Å². The molecule has 4 heteroatoms. The molecule has 0 aliphatic rings.